The van der Waals surface area contributed by atoms with E-state index in [0.717, 1.165) is 37.5 Å². The number of thioether (sulfide) groups is 1. The molecule has 19 heavy (non-hydrogen) atoms. The van der Waals surface area contributed by atoms with Crippen molar-refractivity contribution >= 4 is 17.7 Å². The molecule has 0 aromatic rings. The van der Waals surface area contributed by atoms with Gasteiger partial charge in [0.2, 0.25) is 0 Å². The average Bonchev–Trinajstić information content (AvgIpc) is 2.91. The second-order valence-corrected chi connectivity index (χ2v) is 6.32. The molecule has 0 radical (unpaired) electrons. The van der Waals surface area contributed by atoms with Gasteiger partial charge < -0.3 is 14.8 Å². The summed E-state index contributed by atoms with van der Waals surface area (Å²) in [5.41, 5.74) is -0.548. The van der Waals surface area contributed by atoms with Gasteiger partial charge in [0.25, 0.3) is 0 Å². The van der Waals surface area contributed by atoms with Gasteiger partial charge in [-0.2, -0.15) is 11.8 Å². The molecule has 4 nitrogen and oxygen atoms in total. The number of esters is 1. The van der Waals surface area contributed by atoms with E-state index in [0.29, 0.717) is 6.10 Å². The van der Waals surface area contributed by atoms with Crippen LogP contribution in [0, 0.1) is 0 Å². The molecule has 0 bridgehead atoms. The van der Waals surface area contributed by atoms with E-state index in [1.165, 1.54) is 20.0 Å². The molecule has 1 fully saturated rings. The third-order valence-corrected chi connectivity index (χ3v) is 4.68. The Morgan fingerprint density at radius 3 is 2.95 bits per heavy atom. The Hall–Kier alpha value is -0.260. The van der Waals surface area contributed by atoms with Gasteiger partial charge in [-0.05, 0) is 44.9 Å². The summed E-state index contributed by atoms with van der Waals surface area (Å²) < 4.78 is 10.5. The number of hydrogen-bond acceptors (Lipinski definition) is 5. The summed E-state index contributed by atoms with van der Waals surface area (Å²) in [6, 6.07) is 0. The number of ether oxygens (including phenoxy) is 2. The Morgan fingerprint density at radius 2 is 2.37 bits per heavy atom. The fraction of sp³-hybridized carbons (Fsp3) is 0.929. The summed E-state index contributed by atoms with van der Waals surface area (Å²) in [6.45, 7) is 5.63. The van der Waals surface area contributed by atoms with E-state index in [1.807, 2.05) is 25.6 Å². The van der Waals surface area contributed by atoms with Crippen LogP contribution in [0.4, 0.5) is 0 Å². The Kier molecular flexibility index (Phi) is 7.80. The molecule has 1 aliphatic heterocycles. The molecule has 1 heterocycles. The predicted molar refractivity (Wildman–Crippen MR) is 79.6 cm³/mol. The second kappa shape index (κ2) is 8.82. The van der Waals surface area contributed by atoms with Crippen LogP contribution in [0.15, 0.2) is 0 Å². The number of carbonyl (C=O) groups is 1. The molecule has 1 N–H and O–H groups in total. The molecule has 0 spiro atoms. The zero-order valence-electron chi connectivity index (χ0n) is 12.4. The number of hydrogen-bond donors (Lipinski definition) is 1. The van der Waals surface area contributed by atoms with Crippen molar-refractivity contribution in [2.45, 2.75) is 51.2 Å². The van der Waals surface area contributed by atoms with E-state index in [2.05, 4.69) is 5.32 Å². The first-order valence-corrected chi connectivity index (χ1v) is 8.30. The molecule has 1 aliphatic rings. The lowest BCUT2D eigenvalue weighted by Crippen LogP contribution is -2.50. The van der Waals surface area contributed by atoms with E-state index in [9.17, 15) is 4.79 Å². The van der Waals surface area contributed by atoms with Gasteiger partial charge in [0.1, 0.15) is 5.54 Å². The first-order chi connectivity index (χ1) is 9.12. The molecule has 5 heteroatoms. The summed E-state index contributed by atoms with van der Waals surface area (Å²) in [4.78, 5) is 11.8. The minimum absolute atomic E-state index is 0.168. The van der Waals surface area contributed by atoms with Crippen molar-refractivity contribution < 1.29 is 14.3 Å². The Balaban J connectivity index is 2.18. The van der Waals surface area contributed by atoms with Crippen molar-refractivity contribution in [3.8, 4) is 0 Å². The molecule has 2 atom stereocenters. The highest BCUT2D eigenvalue weighted by Gasteiger charge is 2.32. The largest absolute Gasteiger partial charge is 0.468 e. The maximum absolute atomic E-state index is 11.8. The van der Waals surface area contributed by atoms with Gasteiger partial charge in [0, 0.05) is 12.4 Å². The molecule has 1 rings (SSSR count). The Bertz CT molecular complexity index is 269. The van der Waals surface area contributed by atoms with E-state index in [1.54, 1.807) is 0 Å². The summed E-state index contributed by atoms with van der Waals surface area (Å²) >= 11 is 1.92. The normalized spacial score (nSPS) is 22.2. The lowest BCUT2D eigenvalue weighted by Gasteiger charge is -2.27. The van der Waals surface area contributed by atoms with Crippen molar-refractivity contribution in [1.29, 1.82) is 0 Å². The first-order valence-electron chi connectivity index (χ1n) is 7.15. The molecule has 0 saturated carbocycles. The molecule has 112 valence electrons. The number of nitrogens with one attached hydrogen (secondary N) is 1. The third kappa shape index (κ3) is 5.71. The third-order valence-electron chi connectivity index (χ3n) is 3.50. The van der Waals surface area contributed by atoms with E-state index < -0.39 is 5.54 Å². The number of rotatable bonds is 9. The molecular formula is C14H27NO3S. The standard InChI is InChI=1S/C14H27NO3S/c1-4-15-14(2,13(16)17-3)8-6-10-19-11-12-7-5-9-18-12/h12,15H,4-11H2,1-3H3. The van der Waals surface area contributed by atoms with Crippen LogP contribution in [-0.4, -0.2) is 49.4 Å². The van der Waals surface area contributed by atoms with Crippen LogP contribution in [0.25, 0.3) is 0 Å². The number of carbonyl (C=O) groups excluding carboxylic acids is 1. The van der Waals surface area contributed by atoms with Gasteiger partial charge in [0.05, 0.1) is 13.2 Å². The molecule has 0 aromatic carbocycles. The maximum atomic E-state index is 11.8. The lowest BCUT2D eigenvalue weighted by atomic mass is 9.96. The van der Waals surface area contributed by atoms with Crippen LogP contribution in [0.2, 0.25) is 0 Å². The zero-order chi connectivity index (χ0) is 14.1. The highest BCUT2D eigenvalue weighted by Crippen LogP contribution is 2.20. The maximum Gasteiger partial charge on any atom is 0.325 e. The second-order valence-electron chi connectivity index (χ2n) is 5.17. The van der Waals surface area contributed by atoms with Crippen LogP contribution in [0.1, 0.15) is 39.5 Å². The quantitative estimate of drug-likeness (QED) is 0.521. The monoisotopic (exact) mass is 289 g/mol. The van der Waals surface area contributed by atoms with Gasteiger partial charge in [-0.1, -0.05) is 6.92 Å². The molecule has 0 aromatic heterocycles. The van der Waals surface area contributed by atoms with Crippen LogP contribution in [0.3, 0.4) is 0 Å². The van der Waals surface area contributed by atoms with Crippen LogP contribution >= 0.6 is 11.8 Å². The highest BCUT2D eigenvalue weighted by molar-refractivity contribution is 7.99. The summed E-state index contributed by atoms with van der Waals surface area (Å²) in [5.74, 6) is 1.98. The molecular weight excluding hydrogens is 262 g/mol. The zero-order valence-corrected chi connectivity index (χ0v) is 13.2. The predicted octanol–water partition coefficient (Wildman–Crippen LogP) is 2.22. The van der Waals surface area contributed by atoms with Gasteiger partial charge in [-0.25, -0.2) is 0 Å². The van der Waals surface area contributed by atoms with Gasteiger partial charge in [-0.15, -0.1) is 0 Å². The van der Waals surface area contributed by atoms with E-state index in [4.69, 9.17) is 9.47 Å². The topological polar surface area (TPSA) is 47.6 Å². The minimum Gasteiger partial charge on any atom is -0.468 e. The van der Waals surface area contributed by atoms with Gasteiger partial charge >= 0.3 is 5.97 Å². The highest BCUT2D eigenvalue weighted by atomic mass is 32.2. The summed E-state index contributed by atoms with van der Waals surface area (Å²) in [6.07, 6.45) is 4.67. The number of likely N-dealkylation sites (N-methyl/N-ethyl adjacent to an activating group) is 1. The Morgan fingerprint density at radius 1 is 1.58 bits per heavy atom. The Labute approximate surface area is 121 Å². The lowest BCUT2D eigenvalue weighted by molar-refractivity contribution is -0.148. The molecule has 0 amide bonds. The van der Waals surface area contributed by atoms with Crippen LogP contribution < -0.4 is 5.32 Å². The molecule has 2 unspecified atom stereocenters. The first kappa shape index (κ1) is 16.8. The van der Waals surface area contributed by atoms with Crippen molar-refractivity contribution in [2.24, 2.45) is 0 Å². The average molecular weight is 289 g/mol. The van der Waals surface area contributed by atoms with Gasteiger partial charge in [0.15, 0.2) is 0 Å². The van der Waals surface area contributed by atoms with Crippen LogP contribution in [0.5, 0.6) is 0 Å². The SMILES string of the molecule is CCNC(C)(CCCSCC1CCCO1)C(=O)OC. The van der Waals surface area contributed by atoms with Crippen molar-refractivity contribution in [3.63, 3.8) is 0 Å². The fourth-order valence-corrected chi connectivity index (χ4v) is 3.44. The van der Waals surface area contributed by atoms with Crippen molar-refractivity contribution in [2.75, 3.05) is 31.8 Å². The fourth-order valence-electron chi connectivity index (χ4n) is 2.40. The van der Waals surface area contributed by atoms with Crippen LogP contribution in [-0.2, 0) is 14.3 Å². The van der Waals surface area contributed by atoms with Gasteiger partial charge in [-0.3, -0.25) is 4.79 Å². The molecule has 1 saturated heterocycles. The minimum atomic E-state index is -0.548. The summed E-state index contributed by atoms with van der Waals surface area (Å²) in [7, 11) is 1.45. The smallest absolute Gasteiger partial charge is 0.325 e. The van der Waals surface area contributed by atoms with E-state index in [-0.39, 0.29) is 5.97 Å². The number of methoxy groups -OCH3 is 1. The molecule has 0 aliphatic carbocycles. The van der Waals surface area contributed by atoms with Crippen molar-refractivity contribution in [3.05, 3.63) is 0 Å². The van der Waals surface area contributed by atoms with E-state index >= 15 is 0 Å². The summed E-state index contributed by atoms with van der Waals surface area (Å²) in [5, 5.41) is 3.23. The van der Waals surface area contributed by atoms with Crippen molar-refractivity contribution in [1.82, 2.24) is 5.32 Å².